The van der Waals surface area contributed by atoms with Gasteiger partial charge in [-0.05, 0) is 6.92 Å². The lowest BCUT2D eigenvalue weighted by Crippen LogP contribution is -2.44. The Labute approximate surface area is 54.6 Å². The van der Waals surface area contributed by atoms with Crippen LogP contribution < -0.4 is 11.1 Å². The van der Waals surface area contributed by atoms with Gasteiger partial charge in [0.05, 0.1) is 6.67 Å². The molecule has 3 heteroatoms. The van der Waals surface area contributed by atoms with Crippen molar-refractivity contribution >= 4 is 0 Å². The van der Waals surface area contributed by atoms with Gasteiger partial charge in [0.25, 0.3) is 0 Å². The average Bonchev–Trinajstić information content (AvgIpc) is 2.08. The van der Waals surface area contributed by atoms with E-state index < -0.39 is 0 Å². The number of hydrogen-bond donors (Lipinski definition) is 2. The van der Waals surface area contributed by atoms with Gasteiger partial charge in [-0.1, -0.05) is 0 Å². The molecule has 0 saturated carbocycles. The highest BCUT2D eigenvalue weighted by atomic mass is 19.1. The monoisotopic (exact) mass is 132 g/mol. The number of hydrogen-bond acceptors (Lipinski definition) is 2. The summed E-state index contributed by atoms with van der Waals surface area (Å²) >= 11 is 0. The summed E-state index contributed by atoms with van der Waals surface area (Å²) in [6, 6.07) is 0. The highest BCUT2D eigenvalue weighted by Crippen LogP contribution is 2.18. The first-order valence-electron chi connectivity index (χ1n) is 3.22. The van der Waals surface area contributed by atoms with Gasteiger partial charge in [-0.25, -0.2) is 0 Å². The third-order valence-electron chi connectivity index (χ3n) is 2.02. The largest absolute Gasteiger partial charge is 0.324 e. The summed E-state index contributed by atoms with van der Waals surface area (Å²) in [5, 5.41) is 3.05. The van der Waals surface area contributed by atoms with E-state index in [4.69, 9.17) is 5.73 Å². The molecule has 9 heavy (non-hydrogen) atoms. The van der Waals surface area contributed by atoms with Gasteiger partial charge in [-0.3, -0.25) is 4.39 Å². The Hall–Kier alpha value is -0.150. The van der Waals surface area contributed by atoms with Crippen molar-refractivity contribution in [2.24, 2.45) is 11.7 Å². The number of rotatable bonds is 1. The van der Waals surface area contributed by atoms with E-state index in [0.29, 0.717) is 0 Å². The summed E-state index contributed by atoms with van der Waals surface area (Å²) in [5.74, 6) is 0.0116. The summed E-state index contributed by atoms with van der Waals surface area (Å²) in [4.78, 5) is 0. The quantitative estimate of drug-likeness (QED) is 0.522. The highest BCUT2D eigenvalue weighted by Gasteiger charge is 2.34. The van der Waals surface area contributed by atoms with Crippen molar-refractivity contribution in [3.05, 3.63) is 0 Å². The number of nitrogens with one attached hydrogen (secondary N) is 1. The molecular formula is C6H13FN2. The molecule has 3 N–H and O–H groups in total. The van der Waals surface area contributed by atoms with E-state index in [9.17, 15) is 4.39 Å². The maximum Gasteiger partial charge on any atom is 0.0952 e. The summed E-state index contributed by atoms with van der Waals surface area (Å²) in [6.45, 7) is 3.04. The standard InChI is InChI=1S/C6H13FN2/c1-6(8)4-9-3-5(6)2-7/h5,9H,2-4,8H2,1H3/t5-,6+/m0/s1. The average molecular weight is 132 g/mol. The van der Waals surface area contributed by atoms with Gasteiger partial charge in [0, 0.05) is 24.5 Å². The molecule has 0 bridgehead atoms. The van der Waals surface area contributed by atoms with Crippen LogP contribution in [0.3, 0.4) is 0 Å². The zero-order valence-electron chi connectivity index (χ0n) is 5.65. The Morgan fingerprint density at radius 2 is 2.56 bits per heavy atom. The summed E-state index contributed by atoms with van der Waals surface area (Å²) in [6.07, 6.45) is 0. The molecule has 1 rings (SSSR count). The van der Waals surface area contributed by atoms with E-state index in [-0.39, 0.29) is 18.1 Å². The highest BCUT2D eigenvalue weighted by molar-refractivity contribution is 4.95. The van der Waals surface area contributed by atoms with E-state index in [0.717, 1.165) is 13.1 Å². The number of halogens is 1. The van der Waals surface area contributed by atoms with Gasteiger partial charge in [0.2, 0.25) is 0 Å². The molecule has 2 atom stereocenters. The van der Waals surface area contributed by atoms with Crippen molar-refractivity contribution in [2.75, 3.05) is 19.8 Å². The molecule has 1 fully saturated rings. The first-order valence-corrected chi connectivity index (χ1v) is 3.22. The minimum absolute atomic E-state index is 0.0116. The molecule has 0 radical (unpaired) electrons. The van der Waals surface area contributed by atoms with Crippen LogP contribution in [0.4, 0.5) is 4.39 Å². The van der Waals surface area contributed by atoms with Crippen LogP contribution in [0.25, 0.3) is 0 Å². The predicted octanol–water partition coefficient (Wildman–Crippen LogP) is -0.107. The molecule has 0 aromatic rings. The SMILES string of the molecule is C[C@@]1(N)CNC[C@@H]1CF. The first kappa shape index (κ1) is 6.96. The lowest BCUT2D eigenvalue weighted by atomic mass is 9.92. The van der Waals surface area contributed by atoms with E-state index in [1.165, 1.54) is 0 Å². The van der Waals surface area contributed by atoms with Gasteiger partial charge in [0.1, 0.15) is 0 Å². The van der Waals surface area contributed by atoms with E-state index in [2.05, 4.69) is 5.32 Å². The molecule has 0 spiro atoms. The van der Waals surface area contributed by atoms with Crippen molar-refractivity contribution in [2.45, 2.75) is 12.5 Å². The molecule has 0 aliphatic carbocycles. The van der Waals surface area contributed by atoms with Crippen LogP contribution in [0.15, 0.2) is 0 Å². The van der Waals surface area contributed by atoms with Crippen molar-refractivity contribution < 1.29 is 4.39 Å². The zero-order valence-corrected chi connectivity index (χ0v) is 5.65. The normalized spacial score (nSPS) is 43.7. The molecular weight excluding hydrogens is 119 g/mol. The Morgan fingerprint density at radius 3 is 2.78 bits per heavy atom. The summed E-state index contributed by atoms with van der Waals surface area (Å²) < 4.78 is 12.1. The number of nitrogens with two attached hydrogens (primary N) is 1. The molecule has 0 unspecified atom stereocenters. The molecule has 1 heterocycles. The molecule has 1 saturated heterocycles. The zero-order chi connectivity index (χ0) is 6.91. The summed E-state index contributed by atoms with van der Waals surface area (Å²) in [7, 11) is 0. The molecule has 2 nitrogen and oxygen atoms in total. The van der Waals surface area contributed by atoms with E-state index in [1.807, 2.05) is 6.92 Å². The van der Waals surface area contributed by atoms with Gasteiger partial charge in [0.15, 0.2) is 0 Å². The van der Waals surface area contributed by atoms with Crippen LogP contribution in [0.5, 0.6) is 0 Å². The maximum absolute atomic E-state index is 12.1. The van der Waals surface area contributed by atoms with E-state index in [1.54, 1.807) is 0 Å². The fourth-order valence-electron chi connectivity index (χ4n) is 1.12. The maximum atomic E-state index is 12.1. The van der Waals surface area contributed by atoms with Gasteiger partial charge in [-0.15, -0.1) is 0 Å². The fourth-order valence-corrected chi connectivity index (χ4v) is 1.12. The summed E-state index contributed by atoms with van der Waals surface area (Å²) in [5.41, 5.74) is 5.41. The molecule has 54 valence electrons. The van der Waals surface area contributed by atoms with Crippen LogP contribution in [-0.2, 0) is 0 Å². The smallest absolute Gasteiger partial charge is 0.0952 e. The topological polar surface area (TPSA) is 38.0 Å². The predicted molar refractivity (Wildman–Crippen MR) is 34.9 cm³/mol. The second-order valence-corrected chi connectivity index (χ2v) is 2.99. The Bertz CT molecular complexity index is 103. The third kappa shape index (κ3) is 1.22. The minimum atomic E-state index is -0.325. The molecule has 0 amide bonds. The van der Waals surface area contributed by atoms with Crippen molar-refractivity contribution in [1.82, 2.24) is 5.32 Å². The van der Waals surface area contributed by atoms with Gasteiger partial charge < -0.3 is 11.1 Å². The van der Waals surface area contributed by atoms with Crippen LogP contribution in [-0.4, -0.2) is 25.3 Å². The molecule has 1 aliphatic heterocycles. The van der Waals surface area contributed by atoms with E-state index >= 15 is 0 Å². The Balaban J connectivity index is 2.52. The van der Waals surface area contributed by atoms with Crippen molar-refractivity contribution in [1.29, 1.82) is 0 Å². The Morgan fingerprint density at radius 1 is 1.89 bits per heavy atom. The fraction of sp³-hybridized carbons (Fsp3) is 1.00. The van der Waals surface area contributed by atoms with Crippen LogP contribution in [0, 0.1) is 5.92 Å². The van der Waals surface area contributed by atoms with Crippen LogP contribution in [0.2, 0.25) is 0 Å². The van der Waals surface area contributed by atoms with Gasteiger partial charge >= 0.3 is 0 Å². The lowest BCUT2D eigenvalue weighted by Gasteiger charge is -2.22. The number of alkyl halides is 1. The second-order valence-electron chi connectivity index (χ2n) is 2.99. The minimum Gasteiger partial charge on any atom is -0.324 e. The first-order chi connectivity index (χ1) is 4.17. The van der Waals surface area contributed by atoms with Crippen LogP contribution >= 0.6 is 0 Å². The Kier molecular flexibility index (Phi) is 1.73. The van der Waals surface area contributed by atoms with Crippen molar-refractivity contribution in [3.8, 4) is 0 Å². The molecule has 0 aromatic heterocycles. The molecule has 0 aromatic carbocycles. The lowest BCUT2D eigenvalue weighted by molar-refractivity contribution is 0.291. The third-order valence-corrected chi connectivity index (χ3v) is 2.02. The van der Waals surface area contributed by atoms with Gasteiger partial charge in [-0.2, -0.15) is 0 Å². The van der Waals surface area contributed by atoms with Crippen molar-refractivity contribution in [3.63, 3.8) is 0 Å². The molecule has 1 aliphatic rings. The van der Waals surface area contributed by atoms with Crippen LogP contribution in [0.1, 0.15) is 6.92 Å². The second kappa shape index (κ2) is 2.23.